The average molecular weight is 196 g/mol. The number of hydrogen-bond acceptors (Lipinski definition) is 1. The van der Waals surface area contributed by atoms with Crippen LogP contribution in [0.4, 0.5) is 13.2 Å². The molecular formula is C7H5ClF3N. The summed E-state index contributed by atoms with van der Waals surface area (Å²) in [5, 5.41) is 0. The van der Waals surface area contributed by atoms with E-state index in [0.717, 1.165) is 12.3 Å². The molecule has 1 rings (SSSR count). The quantitative estimate of drug-likeness (QED) is 0.662. The highest BCUT2D eigenvalue weighted by molar-refractivity contribution is 6.17. The van der Waals surface area contributed by atoms with E-state index in [0.29, 0.717) is 5.56 Å². The Kier molecular flexibility index (Phi) is 2.92. The van der Waals surface area contributed by atoms with Crippen LogP contribution >= 0.6 is 11.6 Å². The van der Waals surface area contributed by atoms with Gasteiger partial charge < -0.3 is 0 Å². The van der Waals surface area contributed by atoms with E-state index in [1.54, 1.807) is 0 Å². The zero-order valence-corrected chi connectivity index (χ0v) is 6.65. The van der Waals surface area contributed by atoms with Gasteiger partial charge in [0.05, 0.1) is 0 Å². The number of rotatable bonds is 2. The summed E-state index contributed by atoms with van der Waals surface area (Å²) < 4.78 is 36.5. The first kappa shape index (κ1) is 9.32. The van der Waals surface area contributed by atoms with Crippen LogP contribution in [-0.4, -0.2) is 4.98 Å². The minimum atomic E-state index is -2.88. The molecule has 0 spiro atoms. The molecule has 0 aliphatic rings. The number of halogens is 4. The Morgan fingerprint density at radius 3 is 2.58 bits per heavy atom. The standard InChI is InChI=1S/C7H5ClF3N/c8-2-4-1-5(9)6(7(10)11)12-3-4/h1,3,7H,2H2. The topological polar surface area (TPSA) is 12.9 Å². The van der Waals surface area contributed by atoms with E-state index in [-0.39, 0.29) is 5.88 Å². The van der Waals surface area contributed by atoms with Crippen molar-refractivity contribution in [1.82, 2.24) is 4.98 Å². The molecule has 5 heteroatoms. The van der Waals surface area contributed by atoms with Crippen molar-refractivity contribution in [1.29, 1.82) is 0 Å². The summed E-state index contributed by atoms with van der Waals surface area (Å²) in [4.78, 5) is 3.24. The molecule has 12 heavy (non-hydrogen) atoms. The summed E-state index contributed by atoms with van der Waals surface area (Å²) in [6.45, 7) is 0. The maximum atomic E-state index is 12.7. The third kappa shape index (κ3) is 1.88. The van der Waals surface area contributed by atoms with Gasteiger partial charge in [0.15, 0.2) is 5.82 Å². The molecule has 0 aliphatic carbocycles. The van der Waals surface area contributed by atoms with Crippen molar-refractivity contribution in [3.05, 3.63) is 29.3 Å². The summed E-state index contributed by atoms with van der Waals surface area (Å²) >= 11 is 5.34. The molecule has 66 valence electrons. The monoisotopic (exact) mass is 195 g/mol. The largest absolute Gasteiger partial charge is 0.283 e. The van der Waals surface area contributed by atoms with Gasteiger partial charge in [-0.25, -0.2) is 13.2 Å². The van der Waals surface area contributed by atoms with E-state index in [9.17, 15) is 13.2 Å². The smallest absolute Gasteiger partial charge is 0.252 e. The van der Waals surface area contributed by atoms with Crippen LogP contribution in [0.1, 0.15) is 17.7 Å². The van der Waals surface area contributed by atoms with E-state index in [2.05, 4.69) is 4.98 Å². The lowest BCUT2D eigenvalue weighted by atomic mass is 10.2. The first-order chi connectivity index (χ1) is 5.65. The highest BCUT2D eigenvalue weighted by Gasteiger charge is 2.14. The Hall–Kier alpha value is -0.770. The van der Waals surface area contributed by atoms with Crippen LogP contribution in [-0.2, 0) is 5.88 Å². The van der Waals surface area contributed by atoms with Crippen LogP contribution in [0.2, 0.25) is 0 Å². The van der Waals surface area contributed by atoms with Crippen LogP contribution in [0.3, 0.4) is 0 Å². The lowest BCUT2D eigenvalue weighted by Crippen LogP contribution is -1.96. The molecule has 0 N–H and O–H groups in total. The van der Waals surface area contributed by atoms with Crippen molar-refractivity contribution in [2.45, 2.75) is 12.3 Å². The zero-order chi connectivity index (χ0) is 9.14. The molecule has 0 fully saturated rings. The minimum absolute atomic E-state index is 0.0629. The summed E-state index contributed by atoms with van der Waals surface area (Å²) in [5.74, 6) is -0.948. The Bertz CT molecular complexity index is 277. The molecule has 0 atom stereocenters. The summed E-state index contributed by atoms with van der Waals surface area (Å²) in [6, 6.07) is 0.960. The average Bonchev–Trinajstić information content (AvgIpc) is 2.03. The third-order valence-corrected chi connectivity index (χ3v) is 1.60. The van der Waals surface area contributed by atoms with Gasteiger partial charge in [0.1, 0.15) is 5.69 Å². The van der Waals surface area contributed by atoms with Crippen molar-refractivity contribution >= 4 is 11.6 Å². The van der Waals surface area contributed by atoms with E-state index < -0.39 is 17.9 Å². The Morgan fingerprint density at radius 2 is 2.17 bits per heavy atom. The van der Waals surface area contributed by atoms with Gasteiger partial charge in [-0.15, -0.1) is 11.6 Å². The van der Waals surface area contributed by atoms with E-state index in [1.165, 1.54) is 0 Å². The number of pyridine rings is 1. The highest BCUT2D eigenvalue weighted by Crippen LogP contribution is 2.20. The van der Waals surface area contributed by atoms with Gasteiger partial charge in [-0.2, -0.15) is 0 Å². The fourth-order valence-corrected chi connectivity index (χ4v) is 0.868. The predicted octanol–water partition coefficient (Wildman–Crippen LogP) is 2.90. The number of nitrogens with zero attached hydrogens (tertiary/aromatic N) is 1. The zero-order valence-electron chi connectivity index (χ0n) is 5.90. The van der Waals surface area contributed by atoms with Crippen molar-refractivity contribution in [2.75, 3.05) is 0 Å². The second kappa shape index (κ2) is 3.76. The Labute approximate surface area is 72.2 Å². The normalized spacial score (nSPS) is 10.8. The summed E-state index contributed by atoms with van der Waals surface area (Å²) in [5.41, 5.74) is -0.442. The molecule has 1 heterocycles. The molecular weight excluding hydrogens is 191 g/mol. The van der Waals surface area contributed by atoms with Crippen molar-refractivity contribution in [3.8, 4) is 0 Å². The van der Waals surface area contributed by atoms with E-state index >= 15 is 0 Å². The molecule has 0 bridgehead atoms. The van der Waals surface area contributed by atoms with Crippen LogP contribution in [0.5, 0.6) is 0 Å². The van der Waals surface area contributed by atoms with Crippen LogP contribution in [0, 0.1) is 5.82 Å². The van der Waals surface area contributed by atoms with Crippen molar-refractivity contribution in [2.24, 2.45) is 0 Å². The summed E-state index contributed by atoms with van der Waals surface area (Å²) in [6.07, 6.45) is -1.74. The lowest BCUT2D eigenvalue weighted by Gasteiger charge is -2.01. The molecule has 0 amide bonds. The number of alkyl halides is 3. The highest BCUT2D eigenvalue weighted by atomic mass is 35.5. The molecule has 1 aromatic heterocycles. The van der Waals surface area contributed by atoms with Gasteiger partial charge in [0.2, 0.25) is 0 Å². The van der Waals surface area contributed by atoms with E-state index in [4.69, 9.17) is 11.6 Å². The van der Waals surface area contributed by atoms with E-state index in [1.807, 2.05) is 0 Å². The van der Waals surface area contributed by atoms with Gasteiger partial charge >= 0.3 is 0 Å². The molecule has 1 aromatic rings. The van der Waals surface area contributed by atoms with Crippen LogP contribution in [0.25, 0.3) is 0 Å². The van der Waals surface area contributed by atoms with Gasteiger partial charge in [0.25, 0.3) is 6.43 Å². The fourth-order valence-electron chi connectivity index (χ4n) is 0.722. The predicted molar refractivity (Wildman–Crippen MR) is 38.7 cm³/mol. The molecule has 0 radical (unpaired) electrons. The molecule has 0 aromatic carbocycles. The lowest BCUT2D eigenvalue weighted by molar-refractivity contribution is 0.140. The minimum Gasteiger partial charge on any atom is -0.252 e. The molecule has 0 saturated carbocycles. The van der Waals surface area contributed by atoms with Gasteiger partial charge in [-0.1, -0.05) is 0 Å². The Morgan fingerprint density at radius 1 is 1.50 bits per heavy atom. The van der Waals surface area contributed by atoms with Crippen molar-refractivity contribution < 1.29 is 13.2 Å². The van der Waals surface area contributed by atoms with Gasteiger partial charge in [-0.05, 0) is 11.6 Å². The first-order valence-corrected chi connectivity index (χ1v) is 3.67. The molecule has 1 nitrogen and oxygen atoms in total. The number of aromatic nitrogens is 1. The van der Waals surface area contributed by atoms with Gasteiger partial charge in [-0.3, -0.25) is 4.98 Å². The molecule has 0 aliphatic heterocycles. The second-order valence-corrected chi connectivity index (χ2v) is 2.41. The van der Waals surface area contributed by atoms with Crippen LogP contribution in [0.15, 0.2) is 12.3 Å². The first-order valence-electron chi connectivity index (χ1n) is 3.13. The molecule has 0 unspecified atom stereocenters. The maximum absolute atomic E-state index is 12.7. The number of hydrogen-bond donors (Lipinski definition) is 0. The van der Waals surface area contributed by atoms with Crippen molar-refractivity contribution in [3.63, 3.8) is 0 Å². The third-order valence-electron chi connectivity index (χ3n) is 1.29. The summed E-state index contributed by atoms with van der Waals surface area (Å²) in [7, 11) is 0. The fraction of sp³-hybridized carbons (Fsp3) is 0.286. The van der Waals surface area contributed by atoms with Gasteiger partial charge in [0, 0.05) is 12.1 Å². The Balaban J connectivity index is 3.03. The van der Waals surface area contributed by atoms with Crippen LogP contribution < -0.4 is 0 Å². The SMILES string of the molecule is Fc1cc(CCl)cnc1C(F)F. The maximum Gasteiger partial charge on any atom is 0.283 e. The second-order valence-electron chi connectivity index (χ2n) is 2.14. The molecule has 0 saturated heterocycles.